The number of alkyl carbamates (subject to hydrolysis) is 1. The van der Waals surface area contributed by atoms with Crippen molar-refractivity contribution in [2.24, 2.45) is 17.6 Å². The van der Waals surface area contributed by atoms with E-state index in [4.69, 9.17) is 10.5 Å². The number of amides is 3. The highest BCUT2D eigenvalue weighted by molar-refractivity contribution is 5.91. The summed E-state index contributed by atoms with van der Waals surface area (Å²) in [5, 5.41) is 5.37. The highest BCUT2D eigenvalue weighted by Crippen LogP contribution is 2.26. The summed E-state index contributed by atoms with van der Waals surface area (Å²) in [6.45, 7) is 3.76. The van der Waals surface area contributed by atoms with Gasteiger partial charge in [-0.25, -0.2) is 4.79 Å². The number of rotatable bonds is 8. The van der Waals surface area contributed by atoms with Crippen LogP contribution in [-0.4, -0.2) is 30.0 Å². The van der Waals surface area contributed by atoms with Crippen molar-refractivity contribution in [3.05, 3.63) is 35.9 Å². The topological polar surface area (TPSA) is 111 Å². The van der Waals surface area contributed by atoms with E-state index in [0.29, 0.717) is 0 Å². The van der Waals surface area contributed by atoms with Gasteiger partial charge in [-0.15, -0.1) is 0 Å². The molecule has 4 N–H and O–H groups in total. The Labute approximate surface area is 166 Å². The van der Waals surface area contributed by atoms with Crippen LogP contribution in [0.3, 0.4) is 0 Å². The summed E-state index contributed by atoms with van der Waals surface area (Å²) in [5.41, 5.74) is 6.40. The van der Waals surface area contributed by atoms with E-state index in [2.05, 4.69) is 10.6 Å². The van der Waals surface area contributed by atoms with Crippen LogP contribution in [0.1, 0.15) is 51.5 Å². The van der Waals surface area contributed by atoms with Gasteiger partial charge in [0.1, 0.15) is 18.7 Å². The summed E-state index contributed by atoms with van der Waals surface area (Å²) in [4.78, 5) is 36.8. The first-order valence-electron chi connectivity index (χ1n) is 9.95. The van der Waals surface area contributed by atoms with Crippen molar-refractivity contribution in [2.45, 2.75) is 64.6 Å². The number of nitrogens with one attached hydrogen (secondary N) is 2. The van der Waals surface area contributed by atoms with Gasteiger partial charge in [-0.05, 0) is 30.2 Å². The van der Waals surface area contributed by atoms with Gasteiger partial charge in [-0.3, -0.25) is 9.59 Å². The van der Waals surface area contributed by atoms with Crippen LogP contribution in [0.15, 0.2) is 30.3 Å². The Balaban J connectivity index is 1.94. The van der Waals surface area contributed by atoms with Crippen LogP contribution >= 0.6 is 0 Å². The number of benzene rings is 1. The van der Waals surface area contributed by atoms with Gasteiger partial charge in [-0.2, -0.15) is 0 Å². The molecule has 0 unspecified atom stereocenters. The zero-order valence-corrected chi connectivity index (χ0v) is 16.6. The minimum absolute atomic E-state index is 0.0491. The molecule has 0 radical (unpaired) electrons. The third-order valence-electron chi connectivity index (χ3n) is 5.16. The van der Waals surface area contributed by atoms with E-state index < -0.39 is 30.0 Å². The predicted octanol–water partition coefficient (Wildman–Crippen LogP) is 2.49. The van der Waals surface area contributed by atoms with Gasteiger partial charge < -0.3 is 21.1 Å². The maximum atomic E-state index is 12.8. The van der Waals surface area contributed by atoms with Crippen LogP contribution in [0.4, 0.5) is 4.79 Å². The fourth-order valence-corrected chi connectivity index (χ4v) is 3.56. The summed E-state index contributed by atoms with van der Waals surface area (Å²) < 4.78 is 5.21. The lowest BCUT2D eigenvalue weighted by molar-refractivity contribution is -0.130. The number of primary amides is 1. The lowest BCUT2D eigenvalue weighted by atomic mass is 9.83. The van der Waals surface area contributed by atoms with Crippen molar-refractivity contribution >= 4 is 17.9 Å². The minimum Gasteiger partial charge on any atom is -0.445 e. The van der Waals surface area contributed by atoms with E-state index in [1.165, 1.54) is 0 Å². The Morgan fingerprint density at radius 3 is 2.29 bits per heavy atom. The fraction of sp³-hybridized carbons (Fsp3) is 0.571. The fourth-order valence-electron chi connectivity index (χ4n) is 3.56. The van der Waals surface area contributed by atoms with Crippen LogP contribution in [0.25, 0.3) is 0 Å². The van der Waals surface area contributed by atoms with Crippen LogP contribution in [-0.2, 0) is 20.9 Å². The summed E-state index contributed by atoms with van der Waals surface area (Å²) in [7, 11) is 0. The molecule has 2 atom stereocenters. The number of carbonyl (C=O) groups excluding carboxylic acids is 3. The van der Waals surface area contributed by atoms with Gasteiger partial charge in [0.25, 0.3) is 0 Å². The molecule has 0 saturated heterocycles. The molecule has 1 aromatic rings. The number of hydrogen-bond donors (Lipinski definition) is 3. The first kappa shape index (κ1) is 21.7. The average molecular weight is 389 g/mol. The van der Waals surface area contributed by atoms with Crippen LogP contribution in [0, 0.1) is 11.8 Å². The quantitative estimate of drug-likeness (QED) is 0.634. The first-order chi connectivity index (χ1) is 13.4. The van der Waals surface area contributed by atoms with E-state index in [1.807, 2.05) is 44.2 Å². The van der Waals surface area contributed by atoms with Crippen LogP contribution < -0.4 is 16.4 Å². The predicted molar refractivity (Wildman–Crippen MR) is 106 cm³/mol. The normalized spacial score (nSPS) is 16.8. The molecule has 1 saturated carbocycles. The Hall–Kier alpha value is -2.57. The van der Waals surface area contributed by atoms with Gasteiger partial charge in [-0.1, -0.05) is 63.4 Å². The number of carbonyl (C=O) groups is 3. The highest BCUT2D eigenvalue weighted by atomic mass is 16.5. The molecule has 154 valence electrons. The van der Waals surface area contributed by atoms with E-state index in [-0.39, 0.29) is 18.4 Å². The molecule has 0 spiro atoms. The molecule has 3 amide bonds. The Morgan fingerprint density at radius 1 is 1.07 bits per heavy atom. The Kier molecular flexibility index (Phi) is 8.29. The summed E-state index contributed by atoms with van der Waals surface area (Å²) >= 11 is 0. The minimum atomic E-state index is -0.811. The van der Waals surface area contributed by atoms with Crippen molar-refractivity contribution in [3.63, 3.8) is 0 Å². The van der Waals surface area contributed by atoms with Crippen LogP contribution in [0.2, 0.25) is 0 Å². The highest BCUT2D eigenvalue weighted by Gasteiger charge is 2.33. The van der Waals surface area contributed by atoms with Crippen molar-refractivity contribution < 1.29 is 19.1 Å². The van der Waals surface area contributed by atoms with Gasteiger partial charge in [0.15, 0.2) is 0 Å². The third-order valence-corrected chi connectivity index (χ3v) is 5.16. The SMILES string of the molecule is CC(C)[C@H](NC(=O)OCc1ccccc1)C(=O)N[C@H](C(N)=O)C1CCCCC1. The van der Waals surface area contributed by atoms with E-state index in [0.717, 1.165) is 37.7 Å². The molecule has 1 fully saturated rings. The van der Waals surface area contributed by atoms with Gasteiger partial charge in [0.05, 0.1) is 0 Å². The first-order valence-corrected chi connectivity index (χ1v) is 9.95. The number of nitrogens with two attached hydrogens (primary N) is 1. The van der Waals surface area contributed by atoms with Gasteiger partial charge >= 0.3 is 6.09 Å². The van der Waals surface area contributed by atoms with Gasteiger partial charge in [0, 0.05) is 0 Å². The van der Waals surface area contributed by atoms with Crippen molar-refractivity contribution in [3.8, 4) is 0 Å². The number of hydrogen-bond acceptors (Lipinski definition) is 4. The standard InChI is InChI=1S/C21H31N3O4/c1-14(2)17(24-21(27)28-13-15-9-5-3-6-10-15)20(26)23-18(19(22)25)16-11-7-4-8-12-16/h3,5-6,9-10,14,16-18H,4,7-8,11-13H2,1-2H3,(H2,22,25)(H,23,26)(H,24,27)/t17-,18-/m0/s1. The smallest absolute Gasteiger partial charge is 0.408 e. The molecule has 2 rings (SSSR count). The maximum absolute atomic E-state index is 12.8. The Morgan fingerprint density at radius 2 is 1.71 bits per heavy atom. The molecular formula is C21H31N3O4. The van der Waals surface area contributed by atoms with Gasteiger partial charge in [0.2, 0.25) is 11.8 Å². The molecule has 7 nitrogen and oxygen atoms in total. The Bertz CT molecular complexity index is 657. The van der Waals surface area contributed by atoms with E-state index >= 15 is 0 Å². The molecule has 0 heterocycles. The molecule has 28 heavy (non-hydrogen) atoms. The summed E-state index contributed by atoms with van der Waals surface area (Å²) in [6, 6.07) is 7.77. The third kappa shape index (κ3) is 6.55. The monoisotopic (exact) mass is 389 g/mol. The van der Waals surface area contributed by atoms with Crippen molar-refractivity contribution in [1.82, 2.24) is 10.6 Å². The molecule has 0 aromatic heterocycles. The van der Waals surface area contributed by atoms with Crippen molar-refractivity contribution in [2.75, 3.05) is 0 Å². The summed E-state index contributed by atoms with van der Waals surface area (Å²) in [5.74, 6) is -1.08. The second-order valence-corrected chi connectivity index (χ2v) is 7.71. The largest absolute Gasteiger partial charge is 0.445 e. The second kappa shape index (κ2) is 10.7. The molecule has 0 aliphatic heterocycles. The van der Waals surface area contributed by atoms with Crippen LogP contribution in [0.5, 0.6) is 0 Å². The maximum Gasteiger partial charge on any atom is 0.408 e. The lowest BCUT2D eigenvalue weighted by Gasteiger charge is -2.30. The molecular weight excluding hydrogens is 358 g/mol. The lowest BCUT2D eigenvalue weighted by Crippen LogP contribution is -2.57. The summed E-state index contributed by atoms with van der Waals surface area (Å²) in [6.07, 6.45) is 4.26. The zero-order chi connectivity index (χ0) is 20.5. The second-order valence-electron chi connectivity index (χ2n) is 7.71. The zero-order valence-electron chi connectivity index (χ0n) is 16.6. The van der Waals surface area contributed by atoms with E-state index in [9.17, 15) is 14.4 Å². The van der Waals surface area contributed by atoms with E-state index in [1.54, 1.807) is 0 Å². The average Bonchev–Trinajstić information content (AvgIpc) is 2.69. The molecule has 0 bridgehead atoms. The molecule has 1 aliphatic carbocycles. The molecule has 7 heteroatoms. The number of ether oxygens (including phenoxy) is 1. The van der Waals surface area contributed by atoms with Crippen molar-refractivity contribution in [1.29, 1.82) is 0 Å². The molecule has 1 aliphatic rings. The molecule has 1 aromatic carbocycles.